The van der Waals surface area contributed by atoms with Gasteiger partial charge in [0, 0.05) is 24.6 Å². The second kappa shape index (κ2) is 12.5. The van der Waals surface area contributed by atoms with Crippen molar-refractivity contribution in [3.05, 3.63) is 94.5 Å². The molecule has 0 atom stereocenters. The molecule has 189 valence electrons. The molecule has 1 heterocycles. The molecule has 1 aliphatic heterocycles. The number of aryl methyl sites for hydroxylation is 1. The monoisotopic (exact) mass is 482 g/mol. The first-order chi connectivity index (χ1) is 17.7. The lowest BCUT2D eigenvalue weighted by Crippen LogP contribution is -2.19. The molecular formula is C33H40NO2. The van der Waals surface area contributed by atoms with Crippen molar-refractivity contribution >= 4 is 0 Å². The summed E-state index contributed by atoms with van der Waals surface area (Å²) in [5.74, 6) is 2.55. The van der Waals surface area contributed by atoms with Gasteiger partial charge in [-0.2, -0.15) is 0 Å². The fraction of sp³-hybridized carbons (Fsp3) is 0.455. The van der Waals surface area contributed by atoms with Crippen LogP contribution < -0.4 is 9.47 Å². The third kappa shape index (κ3) is 6.91. The van der Waals surface area contributed by atoms with Gasteiger partial charge in [-0.25, -0.2) is 0 Å². The van der Waals surface area contributed by atoms with Crippen LogP contribution in [0.25, 0.3) is 0 Å². The lowest BCUT2D eigenvalue weighted by Gasteiger charge is -2.18. The van der Waals surface area contributed by atoms with Crippen LogP contribution >= 0.6 is 0 Å². The molecular weight excluding hydrogens is 442 g/mol. The summed E-state index contributed by atoms with van der Waals surface area (Å²) in [6.07, 6.45) is 10.1. The Morgan fingerprint density at radius 1 is 0.889 bits per heavy atom. The maximum absolute atomic E-state index is 6.39. The van der Waals surface area contributed by atoms with Crippen LogP contribution in [0.5, 0.6) is 11.5 Å². The molecule has 1 saturated carbocycles. The van der Waals surface area contributed by atoms with E-state index in [1.165, 1.54) is 68.3 Å². The fourth-order valence-corrected chi connectivity index (χ4v) is 5.64. The summed E-state index contributed by atoms with van der Waals surface area (Å²) in [4.78, 5) is 2.57. The number of hydrogen-bond donors (Lipinski definition) is 0. The van der Waals surface area contributed by atoms with Gasteiger partial charge in [-0.3, -0.25) is 4.90 Å². The van der Waals surface area contributed by atoms with Crippen LogP contribution in [-0.2, 0) is 19.6 Å². The van der Waals surface area contributed by atoms with E-state index in [2.05, 4.69) is 54.3 Å². The van der Waals surface area contributed by atoms with Crippen molar-refractivity contribution in [2.45, 2.75) is 71.4 Å². The molecule has 1 aliphatic carbocycles. The minimum atomic E-state index is 0.549. The van der Waals surface area contributed by atoms with Crippen LogP contribution in [0, 0.1) is 18.9 Å². The summed E-state index contributed by atoms with van der Waals surface area (Å²) >= 11 is 0. The van der Waals surface area contributed by atoms with E-state index in [9.17, 15) is 0 Å². The highest BCUT2D eigenvalue weighted by molar-refractivity contribution is 5.43. The topological polar surface area (TPSA) is 21.7 Å². The SMILES string of the molecule is Cc1cc(Cc2[c]cc(OCc3ccccc3)cc2OCCC2CCCC2)ccc1CN1CCCC1. The fourth-order valence-electron chi connectivity index (χ4n) is 5.64. The molecule has 36 heavy (non-hydrogen) atoms. The lowest BCUT2D eigenvalue weighted by molar-refractivity contribution is 0.271. The van der Waals surface area contributed by atoms with Gasteiger partial charge in [0.15, 0.2) is 0 Å². The van der Waals surface area contributed by atoms with E-state index in [4.69, 9.17) is 9.47 Å². The lowest BCUT2D eigenvalue weighted by atomic mass is 9.99. The van der Waals surface area contributed by atoms with Crippen molar-refractivity contribution in [1.29, 1.82) is 0 Å². The third-order valence-corrected chi connectivity index (χ3v) is 7.85. The van der Waals surface area contributed by atoms with Crippen molar-refractivity contribution in [3.63, 3.8) is 0 Å². The number of rotatable bonds is 11. The van der Waals surface area contributed by atoms with Crippen molar-refractivity contribution in [1.82, 2.24) is 4.90 Å². The molecule has 3 aromatic rings. The quantitative estimate of drug-likeness (QED) is 0.282. The summed E-state index contributed by atoms with van der Waals surface area (Å²) in [6.45, 7) is 7.10. The Morgan fingerprint density at radius 3 is 2.47 bits per heavy atom. The van der Waals surface area contributed by atoms with E-state index in [1.54, 1.807) is 0 Å². The summed E-state index contributed by atoms with van der Waals surface area (Å²) in [5.41, 5.74) is 6.41. The predicted octanol–water partition coefficient (Wildman–Crippen LogP) is 7.52. The van der Waals surface area contributed by atoms with Gasteiger partial charge >= 0.3 is 0 Å². The summed E-state index contributed by atoms with van der Waals surface area (Å²) in [6, 6.07) is 24.8. The third-order valence-electron chi connectivity index (χ3n) is 7.85. The first-order valence-corrected chi connectivity index (χ1v) is 13.9. The molecule has 0 unspecified atom stereocenters. The van der Waals surface area contributed by atoms with E-state index in [-0.39, 0.29) is 0 Å². The van der Waals surface area contributed by atoms with Gasteiger partial charge in [0.05, 0.1) is 6.61 Å². The molecule has 0 spiro atoms. The maximum atomic E-state index is 6.39. The van der Waals surface area contributed by atoms with Gasteiger partial charge in [0.2, 0.25) is 0 Å². The highest BCUT2D eigenvalue weighted by Gasteiger charge is 2.16. The van der Waals surface area contributed by atoms with Gasteiger partial charge < -0.3 is 9.47 Å². The van der Waals surface area contributed by atoms with Gasteiger partial charge in [-0.15, -0.1) is 0 Å². The Hall–Kier alpha value is -2.78. The summed E-state index contributed by atoms with van der Waals surface area (Å²) < 4.78 is 12.5. The largest absolute Gasteiger partial charge is 0.493 e. The van der Waals surface area contributed by atoms with E-state index < -0.39 is 0 Å². The van der Waals surface area contributed by atoms with Crippen LogP contribution in [0.15, 0.2) is 60.7 Å². The molecule has 0 bridgehead atoms. The van der Waals surface area contributed by atoms with Crippen LogP contribution in [-0.4, -0.2) is 24.6 Å². The number of ether oxygens (including phenoxy) is 2. The molecule has 2 fully saturated rings. The van der Waals surface area contributed by atoms with Crippen LogP contribution in [0.1, 0.15) is 72.8 Å². The van der Waals surface area contributed by atoms with Crippen molar-refractivity contribution in [2.75, 3.05) is 19.7 Å². The van der Waals surface area contributed by atoms with Crippen molar-refractivity contribution in [2.24, 2.45) is 5.92 Å². The molecule has 0 aromatic heterocycles. The predicted molar refractivity (Wildman–Crippen MR) is 147 cm³/mol. The molecule has 1 saturated heterocycles. The Kier molecular flexibility index (Phi) is 8.61. The highest BCUT2D eigenvalue weighted by Crippen LogP contribution is 2.31. The van der Waals surface area contributed by atoms with Crippen LogP contribution in [0.2, 0.25) is 0 Å². The molecule has 3 nitrogen and oxygen atoms in total. The summed E-state index contributed by atoms with van der Waals surface area (Å²) in [5, 5.41) is 0. The average molecular weight is 483 g/mol. The Balaban J connectivity index is 1.27. The number of hydrogen-bond acceptors (Lipinski definition) is 3. The van der Waals surface area contributed by atoms with E-state index in [0.717, 1.165) is 54.5 Å². The molecule has 1 radical (unpaired) electrons. The summed E-state index contributed by atoms with van der Waals surface area (Å²) in [7, 11) is 0. The van der Waals surface area contributed by atoms with Gasteiger partial charge in [-0.1, -0.05) is 74.2 Å². The van der Waals surface area contributed by atoms with Gasteiger partial charge in [0.25, 0.3) is 0 Å². The minimum absolute atomic E-state index is 0.549. The molecule has 5 rings (SSSR count). The van der Waals surface area contributed by atoms with Crippen LogP contribution in [0.3, 0.4) is 0 Å². The smallest absolute Gasteiger partial charge is 0.127 e. The van der Waals surface area contributed by atoms with Gasteiger partial charge in [-0.05, 0) is 79.6 Å². The first kappa shape index (κ1) is 24.9. The zero-order valence-corrected chi connectivity index (χ0v) is 21.8. The minimum Gasteiger partial charge on any atom is -0.493 e. The van der Waals surface area contributed by atoms with E-state index in [0.29, 0.717) is 6.61 Å². The normalized spacial score (nSPS) is 16.5. The van der Waals surface area contributed by atoms with Gasteiger partial charge in [0.1, 0.15) is 18.1 Å². The molecule has 2 aliphatic rings. The molecule has 0 N–H and O–H groups in total. The molecule has 0 amide bonds. The Morgan fingerprint density at radius 2 is 1.69 bits per heavy atom. The number of nitrogens with zero attached hydrogens (tertiary/aromatic N) is 1. The standard InChI is InChI=1S/C33H40NO2/c1-26-21-29(13-14-31(26)24-34-18-7-8-19-34)22-30-15-16-32(36-25-28-11-3-2-4-12-28)23-33(30)35-20-17-27-9-5-6-10-27/h2-4,11-14,16,21,23,27H,5-10,17-20,22,24-25H2,1H3. The number of benzene rings is 3. The second-order valence-corrected chi connectivity index (χ2v) is 10.7. The van der Waals surface area contributed by atoms with Crippen molar-refractivity contribution in [3.8, 4) is 11.5 Å². The first-order valence-electron chi connectivity index (χ1n) is 13.9. The highest BCUT2D eigenvalue weighted by atomic mass is 16.5. The number of likely N-dealkylation sites (tertiary alicyclic amines) is 1. The Bertz CT molecular complexity index is 1100. The zero-order valence-electron chi connectivity index (χ0n) is 21.8. The van der Waals surface area contributed by atoms with E-state index in [1.807, 2.05) is 24.3 Å². The Labute approximate surface area is 217 Å². The van der Waals surface area contributed by atoms with Crippen LogP contribution in [0.4, 0.5) is 0 Å². The average Bonchev–Trinajstić information content (AvgIpc) is 3.61. The molecule has 3 aromatic carbocycles. The molecule has 3 heteroatoms. The maximum Gasteiger partial charge on any atom is 0.127 e. The second-order valence-electron chi connectivity index (χ2n) is 10.7. The van der Waals surface area contributed by atoms with E-state index >= 15 is 0 Å². The van der Waals surface area contributed by atoms with Crippen molar-refractivity contribution < 1.29 is 9.47 Å². The zero-order chi connectivity index (χ0) is 24.6.